The van der Waals surface area contributed by atoms with Gasteiger partial charge >= 0.3 is 0 Å². The number of rotatable bonds is 4. The fourth-order valence-electron chi connectivity index (χ4n) is 3.00. The van der Waals surface area contributed by atoms with E-state index < -0.39 is 0 Å². The normalized spacial score (nSPS) is 11.4. The van der Waals surface area contributed by atoms with Crippen molar-refractivity contribution in [2.24, 2.45) is 0 Å². The number of aryl methyl sites for hydroxylation is 2. The number of nitrogens with one attached hydrogen (secondary N) is 1. The second-order valence-electron chi connectivity index (χ2n) is 6.52. The number of aromatic hydroxyl groups is 1. The van der Waals surface area contributed by atoms with Crippen molar-refractivity contribution in [3.63, 3.8) is 0 Å². The van der Waals surface area contributed by atoms with Crippen LogP contribution in [0.1, 0.15) is 16.9 Å². The molecule has 0 spiro atoms. The number of hydrogen-bond donors (Lipinski definition) is 2. The van der Waals surface area contributed by atoms with Gasteiger partial charge in [0.1, 0.15) is 17.0 Å². The van der Waals surface area contributed by atoms with Crippen LogP contribution in [0.4, 0.5) is 5.69 Å². The van der Waals surface area contributed by atoms with Crippen LogP contribution in [0.25, 0.3) is 28.6 Å². The van der Waals surface area contributed by atoms with Gasteiger partial charge in [0.15, 0.2) is 5.58 Å². The molecule has 0 saturated carbocycles. The molecule has 2 N–H and O–H groups in total. The molecule has 0 bridgehead atoms. The van der Waals surface area contributed by atoms with Crippen LogP contribution in [0.15, 0.2) is 63.6 Å². The molecule has 0 fully saturated rings. The van der Waals surface area contributed by atoms with Gasteiger partial charge in [0.05, 0.1) is 11.8 Å². The topological polar surface area (TPSA) is 88.5 Å². The van der Waals surface area contributed by atoms with E-state index in [1.54, 1.807) is 30.3 Å². The highest BCUT2D eigenvalue weighted by molar-refractivity contribution is 6.02. The standard InChI is InChI=1S/C22H18N2O4/c1-13-10-14(2)21-18(11-13)24-22(28-21)17-12-15(5-7-19(17)25)23-20(26)8-6-16-4-3-9-27-16/h3-12,25H,1-2H3,(H,23,26)/b8-6+. The Morgan fingerprint density at radius 2 is 2.04 bits per heavy atom. The van der Waals surface area contributed by atoms with Gasteiger partial charge in [-0.1, -0.05) is 6.07 Å². The number of benzene rings is 2. The average molecular weight is 374 g/mol. The van der Waals surface area contributed by atoms with E-state index in [-0.39, 0.29) is 11.7 Å². The molecule has 6 nitrogen and oxygen atoms in total. The van der Waals surface area contributed by atoms with Gasteiger partial charge in [-0.2, -0.15) is 0 Å². The molecular formula is C22H18N2O4. The first-order chi connectivity index (χ1) is 13.5. The molecule has 0 aliphatic carbocycles. The Labute approximate surface area is 161 Å². The van der Waals surface area contributed by atoms with Crippen molar-refractivity contribution in [1.82, 2.24) is 4.98 Å². The van der Waals surface area contributed by atoms with E-state index in [0.717, 1.165) is 16.6 Å². The van der Waals surface area contributed by atoms with Crippen molar-refractivity contribution in [3.05, 3.63) is 71.7 Å². The second-order valence-corrected chi connectivity index (χ2v) is 6.52. The van der Waals surface area contributed by atoms with Crippen molar-refractivity contribution < 1.29 is 18.7 Å². The average Bonchev–Trinajstić information content (AvgIpc) is 3.31. The molecule has 28 heavy (non-hydrogen) atoms. The van der Waals surface area contributed by atoms with E-state index in [0.29, 0.717) is 28.5 Å². The van der Waals surface area contributed by atoms with Gasteiger partial charge in [-0.15, -0.1) is 0 Å². The molecule has 0 unspecified atom stereocenters. The highest BCUT2D eigenvalue weighted by atomic mass is 16.4. The number of anilines is 1. The van der Waals surface area contributed by atoms with Crippen LogP contribution in [0, 0.1) is 13.8 Å². The lowest BCUT2D eigenvalue weighted by molar-refractivity contribution is -0.111. The second kappa shape index (κ2) is 7.08. The Morgan fingerprint density at radius 1 is 1.18 bits per heavy atom. The highest BCUT2D eigenvalue weighted by Crippen LogP contribution is 2.34. The Balaban J connectivity index is 1.62. The molecule has 2 aromatic carbocycles. The quantitative estimate of drug-likeness (QED) is 0.385. The molecule has 0 aliphatic heterocycles. The number of aromatic nitrogens is 1. The molecule has 0 radical (unpaired) electrons. The van der Waals surface area contributed by atoms with E-state index in [9.17, 15) is 9.90 Å². The zero-order valence-electron chi connectivity index (χ0n) is 15.4. The van der Waals surface area contributed by atoms with Crippen LogP contribution >= 0.6 is 0 Å². The van der Waals surface area contributed by atoms with Crippen molar-refractivity contribution >= 4 is 28.8 Å². The number of fused-ring (bicyclic) bond motifs is 1. The zero-order valence-corrected chi connectivity index (χ0v) is 15.4. The Bertz CT molecular complexity index is 1190. The lowest BCUT2D eigenvalue weighted by atomic mass is 10.1. The lowest BCUT2D eigenvalue weighted by Crippen LogP contribution is -2.07. The number of phenols is 1. The first-order valence-corrected chi connectivity index (χ1v) is 8.73. The first-order valence-electron chi connectivity index (χ1n) is 8.73. The summed E-state index contributed by atoms with van der Waals surface area (Å²) >= 11 is 0. The van der Waals surface area contributed by atoms with Gasteiger partial charge in [0.2, 0.25) is 11.8 Å². The predicted molar refractivity (Wildman–Crippen MR) is 107 cm³/mol. The molecule has 4 rings (SSSR count). The Kier molecular flexibility index (Phi) is 4.45. The Morgan fingerprint density at radius 3 is 2.82 bits per heavy atom. The number of phenolic OH excluding ortho intramolecular Hbond substituents is 1. The van der Waals surface area contributed by atoms with Gasteiger partial charge in [0, 0.05) is 11.8 Å². The third-order valence-electron chi connectivity index (χ3n) is 4.26. The first kappa shape index (κ1) is 17.6. The van der Waals surface area contributed by atoms with Crippen LogP contribution in [0.2, 0.25) is 0 Å². The number of oxazole rings is 1. The maximum absolute atomic E-state index is 12.1. The fourth-order valence-corrected chi connectivity index (χ4v) is 3.00. The molecule has 6 heteroatoms. The SMILES string of the molecule is Cc1cc(C)c2oc(-c3cc(NC(=O)/C=C/c4ccco4)ccc3O)nc2c1. The number of hydrogen-bond acceptors (Lipinski definition) is 5. The minimum absolute atomic E-state index is 0.0186. The number of nitrogens with zero attached hydrogens (tertiary/aromatic N) is 1. The smallest absolute Gasteiger partial charge is 0.248 e. The van der Waals surface area contributed by atoms with E-state index in [4.69, 9.17) is 8.83 Å². The van der Waals surface area contributed by atoms with Crippen LogP contribution in [0.5, 0.6) is 5.75 Å². The van der Waals surface area contributed by atoms with Crippen molar-refractivity contribution in [2.75, 3.05) is 5.32 Å². The molecule has 4 aromatic rings. The summed E-state index contributed by atoms with van der Waals surface area (Å²) in [6.07, 6.45) is 4.48. The van der Waals surface area contributed by atoms with E-state index in [2.05, 4.69) is 10.3 Å². The third kappa shape index (κ3) is 3.53. The maximum Gasteiger partial charge on any atom is 0.248 e. The van der Waals surface area contributed by atoms with E-state index in [1.165, 1.54) is 18.4 Å². The number of amides is 1. The van der Waals surface area contributed by atoms with E-state index >= 15 is 0 Å². The molecule has 0 aliphatic rings. The van der Waals surface area contributed by atoms with Crippen molar-refractivity contribution in [3.8, 4) is 17.2 Å². The summed E-state index contributed by atoms with van der Waals surface area (Å²) < 4.78 is 11.0. The van der Waals surface area contributed by atoms with Gasteiger partial charge in [0.25, 0.3) is 0 Å². The van der Waals surface area contributed by atoms with Crippen LogP contribution in [-0.2, 0) is 4.79 Å². The summed E-state index contributed by atoms with van der Waals surface area (Å²) in [5.74, 6) is 0.573. The summed E-state index contributed by atoms with van der Waals surface area (Å²) in [6.45, 7) is 3.94. The molecule has 2 aromatic heterocycles. The lowest BCUT2D eigenvalue weighted by Gasteiger charge is -2.05. The van der Waals surface area contributed by atoms with Gasteiger partial charge in [-0.25, -0.2) is 4.98 Å². The van der Waals surface area contributed by atoms with Crippen molar-refractivity contribution in [1.29, 1.82) is 0 Å². The van der Waals surface area contributed by atoms with Gasteiger partial charge in [-0.05, 0) is 67.4 Å². The van der Waals surface area contributed by atoms with Gasteiger partial charge < -0.3 is 19.3 Å². The maximum atomic E-state index is 12.1. The summed E-state index contributed by atoms with van der Waals surface area (Å²) in [6, 6.07) is 12.2. The molecular weight excluding hydrogens is 356 g/mol. The predicted octanol–water partition coefficient (Wildman–Crippen LogP) is 5.06. The molecule has 0 saturated heterocycles. The number of carbonyl (C=O) groups excluding carboxylic acids is 1. The van der Waals surface area contributed by atoms with E-state index in [1.807, 2.05) is 26.0 Å². The monoisotopic (exact) mass is 374 g/mol. The largest absolute Gasteiger partial charge is 0.507 e. The van der Waals surface area contributed by atoms with Crippen LogP contribution in [-0.4, -0.2) is 16.0 Å². The molecule has 1 amide bonds. The Hall–Kier alpha value is -3.80. The summed E-state index contributed by atoms with van der Waals surface area (Å²) in [4.78, 5) is 16.6. The highest BCUT2D eigenvalue weighted by Gasteiger charge is 2.15. The van der Waals surface area contributed by atoms with Crippen molar-refractivity contribution in [2.45, 2.75) is 13.8 Å². The van der Waals surface area contributed by atoms with Gasteiger partial charge in [-0.3, -0.25) is 4.79 Å². The summed E-state index contributed by atoms with van der Waals surface area (Å²) in [5, 5.41) is 13.0. The fraction of sp³-hybridized carbons (Fsp3) is 0.0909. The molecule has 0 atom stereocenters. The molecule has 2 heterocycles. The summed E-state index contributed by atoms with van der Waals surface area (Å²) in [7, 11) is 0. The summed E-state index contributed by atoms with van der Waals surface area (Å²) in [5.41, 5.74) is 4.37. The molecule has 140 valence electrons. The minimum atomic E-state index is -0.322. The van der Waals surface area contributed by atoms with Crippen LogP contribution < -0.4 is 5.32 Å². The minimum Gasteiger partial charge on any atom is -0.507 e. The van der Waals surface area contributed by atoms with Crippen LogP contribution in [0.3, 0.4) is 0 Å². The third-order valence-corrected chi connectivity index (χ3v) is 4.26. The number of furan rings is 1. The number of carbonyl (C=O) groups is 1. The zero-order chi connectivity index (χ0) is 19.7.